The first-order valence-electron chi connectivity index (χ1n) is 7.23. The number of hydrogen-bond acceptors (Lipinski definition) is 3. The van der Waals surface area contributed by atoms with Crippen LogP contribution in [0.4, 0.5) is 5.82 Å². The average Bonchev–Trinajstić information content (AvgIpc) is 2.41. The van der Waals surface area contributed by atoms with Crippen LogP contribution in [0.15, 0.2) is 6.20 Å². The second kappa shape index (κ2) is 6.17. The van der Waals surface area contributed by atoms with Crippen molar-refractivity contribution in [3.63, 3.8) is 0 Å². The Balaban J connectivity index is 1.79. The molecule has 1 aromatic rings. The Morgan fingerprint density at radius 3 is 2.39 bits per heavy atom. The zero-order valence-electron chi connectivity index (χ0n) is 11.9. The highest BCUT2D eigenvalue weighted by molar-refractivity contribution is 5.33. The number of nitrogens with zero attached hydrogens (tertiary/aromatic N) is 2. The third-order valence-corrected chi connectivity index (χ3v) is 4.31. The first-order valence-corrected chi connectivity index (χ1v) is 7.23. The van der Waals surface area contributed by atoms with Crippen LogP contribution in [0.3, 0.4) is 0 Å². The Kier molecular flexibility index (Phi) is 4.56. The van der Waals surface area contributed by atoms with E-state index < -0.39 is 0 Å². The maximum absolute atomic E-state index is 4.51. The number of anilines is 1. The first kappa shape index (κ1) is 13.3. The molecule has 0 atom stereocenters. The Hall–Kier alpha value is -1.12. The van der Waals surface area contributed by atoms with E-state index in [9.17, 15) is 0 Å². The van der Waals surface area contributed by atoms with Gasteiger partial charge in [0.1, 0.15) is 5.82 Å². The van der Waals surface area contributed by atoms with Crippen LogP contribution >= 0.6 is 0 Å². The van der Waals surface area contributed by atoms with Crippen molar-refractivity contribution >= 4 is 5.82 Å². The first-order chi connectivity index (χ1) is 8.69. The molecule has 0 saturated heterocycles. The highest BCUT2D eigenvalue weighted by Gasteiger charge is 2.19. The summed E-state index contributed by atoms with van der Waals surface area (Å²) in [5, 5.41) is 3.44. The largest absolute Gasteiger partial charge is 0.369 e. The fourth-order valence-corrected chi connectivity index (χ4v) is 2.72. The molecule has 1 aromatic heterocycles. The van der Waals surface area contributed by atoms with Crippen molar-refractivity contribution in [2.24, 2.45) is 11.8 Å². The van der Waals surface area contributed by atoms with Gasteiger partial charge in [-0.25, -0.2) is 4.98 Å². The molecular formula is C15H25N3. The molecule has 18 heavy (non-hydrogen) atoms. The van der Waals surface area contributed by atoms with E-state index in [0.29, 0.717) is 0 Å². The lowest BCUT2D eigenvalue weighted by Gasteiger charge is -2.27. The fourth-order valence-electron chi connectivity index (χ4n) is 2.72. The summed E-state index contributed by atoms with van der Waals surface area (Å²) in [5.74, 6) is 2.72. The van der Waals surface area contributed by atoms with E-state index in [4.69, 9.17) is 0 Å². The lowest BCUT2D eigenvalue weighted by Crippen LogP contribution is -2.21. The molecule has 0 amide bonds. The highest BCUT2D eigenvalue weighted by Crippen LogP contribution is 2.30. The number of nitrogens with one attached hydrogen (secondary N) is 1. The van der Waals surface area contributed by atoms with Crippen LogP contribution < -0.4 is 5.32 Å². The molecule has 0 aromatic carbocycles. The molecule has 100 valence electrons. The van der Waals surface area contributed by atoms with Crippen molar-refractivity contribution in [1.82, 2.24) is 9.97 Å². The van der Waals surface area contributed by atoms with E-state index in [0.717, 1.165) is 35.6 Å². The smallest absolute Gasteiger partial charge is 0.144 e. The molecule has 2 rings (SSSR count). The van der Waals surface area contributed by atoms with Gasteiger partial charge in [0.15, 0.2) is 0 Å². The molecule has 0 radical (unpaired) electrons. The van der Waals surface area contributed by atoms with Crippen LogP contribution in [0.5, 0.6) is 0 Å². The minimum absolute atomic E-state index is 0.816. The topological polar surface area (TPSA) is 37.8 Å². The predicted octanol–water partition coefficient (Wildman–Crippen LogP) is 3.72. The Morgan fingerprint density at radius 1 is 1.11 bits per heavy atom. The van der Waals surface area contributed by atoms with Gasteiger partial charge in [0.25, 0.3) is 0 Å². The average molecular weight is 247 g/mol. The molecule has 3 heteroatoms. The monoisotopic (exact) mass is 247 g/mol. The van der Waals surface area contributed by atoms with Crippen molar-refractivity contribution in [2.45, 2.75) is 52.9 Å². The molecule has 1 fully saturated rings. The van der Waals surface area contributed by atoms with Gasteiger partial charge in [-0.15, -0.1) is 0 Å². The van der Waals surface area contributed by atoms with Gasteiger partial charge in [0.2, 0.25) is 0 Å². The van der Waals surface area contributed by atoms with E-state index in [2.05, 4.69) is 22.2 Å². The van der Waals surface area contributed by atoms with Crippen molar-refractivity contribution in [2.75, 3.05) is 11.9 Å². The van der Waals surface area contributed by atoms with Crippen LogP contribution in [0.2, 0.25) is 0 Å². The number of rotatable bonds is 4. The van der Waals surface area contributed by atoms with Crippen LogP contribution in [-0.2, 0) is 0 Å². The molecule has 0 aliphatic heterocycles. The zero-order valence-corrected chi connectivity index (χ0v) is 11.9. The van der Waals surface area contributed by atoms with E-state index >= 15 is 0 Å². The molecule has 1 N–H and O–H groups in total. The van der Waals surface area contributed by atoms with Crippen molar-refractivity contribution in [3.8, 4) is 0 Å². The second-order valence-corrected chi connectivity index (χ2v) is 5.60. The maximum atomic E-state index is 4.51. The van der Waals surface area contributed by atoms with Gasteiger partial charge in [0, 0.05) is 6.54 Å². The second-order valence-electron chi connectivity index (χ2n) is 5.60. The third kappa shape index (κ3) is 3.44. The van der Waals surface area contributed by atoms with E-state index in [1.165, 1.54) is 32.1 Å². The summed E-state index contributed by atoms with van der Waals surface area (Å²) in [4.78, 5) is 8.86. The van der Waals surface area contributed by atoms with Gasteiger partial charge >= 0.3 is 0 Å². The van der Waals surface area contributed by atoms with E-state index in [1.807, 2.05) is 20.0 Å². The van der Waals surface area contributed by atoms with Gasteiger partial charge in [-0.2, -0.15) is 0 Å². The third-order valence-electron chi connectivity index (χ3n) is 4.31. The highest BCUT2D eigenvalue weighted by atomic mass is 15.0. The summed E-state index contributed by atoms with van der Waals surface area (Å²) >= 11 is 0. The van der Waals surface area contributed by atoms with Crippen molar-refractivity contribution < 1.29 is 0 Å². The summed E-state index contributed by atoms with van der Waals surface area (Å²) in [6.45, 7) is 7.37. The molecule has 1 saturated carbocycles. The van der Waals surface area contributed by atoms with Crippen molar-refractivity contribution in [1.29, 1.82) is 0 Å². The van der Waals surface area contributed by atoms with Crippen LogP contribution in [0.1, 0.15) is 50.4 Å². The molecule has 3 nitrogen and oxygen atoms in total. The molecule has 1 aliphatic rings. The lowest BCUT2D eigenvalue weighted by molar-refractivity contribution is 0.278. The Labute approximate surface area is 110 Å². The van der Waals surface area contributed by atoms with Gasteiger partial charge < -0.3 is 5.32 Å². The predicted molar refractivity (Wildman–Crippen MR) is 75.7 cm³/mol. The van der Waals surface area contributed by atoms with Gasteiger partial charge in [-0.1, -0.05) is 26.2 Å². The summed E-state index contributed by atoms with van der Waals surface area (Å²) < 4.78 is 0. The summed E-state index contributed by atoms with van der Waals surface area (Å²) in [6, 6.07) is 0. The van der Waals surface area contributed by atoms with Crippen LogP contribution in [0.25, 0.3) is 0 Å². The van der Waals surface area contributed by atoms with Crippen LogP contribution in [0, 0.1) is 25.7 Å². The normalized spacial score (nSPS) is 23.9. The molecule has 1 heterocycles. The van der Waals surface area contributed by atoms with Crippen LogP contribution in [-0.4, -0.2) is 16.5 Å². The van der Waals surface area contributed by atoms with Crippen molar-refractivity contribution in [3.05, 3.63) is 17.6 Å². The summed E-state index contributed by atoms with van der Waals surface area (Å²) in [5.41, 5.74) is 2.04. The molecule has 0 bridgehead atoms. The van der Waals surface area contributed by atoms with E-state index in [-0.39, 0.29) is 0 Å². The molecule has 0 unspecified atom stereocenters. The van der Waals surface area contributed by atoms with Gasteiger partial charge in [-0.05, 0) is 38.5 Å². The van der Waals surface area contributed by atoms with E-state index in [1.54, 1.807) is 0 Å². The fraction of sp³-hybridized carbons (Fsp3) is 0.733. The minimum atomic E-state index is 0.816. The Morgan fingerprint density at radius 2 is 1.78 bits per heavy atom. The summed E-state index contributed by atoms with van der Waals surface area (Å²) in [7, 11) is 0. The molecular weight excluding hydrogens is 222 g/mol. The SMILES string of the molecule is CCC1CCC(CNc2cnc(C)c(C)n2)CC1. The number of aromatic nitrogens is 2. The number of hydrogen-bond donors (Lipinski definition) is 1. The standard InChI is InChI=1S/C15H25N3/c1-4-13-5-7-14(8-6-13)9-17-15-10-16-11(2)12(3)18-15/h10,13-14H,4-9H2,1-3H3,(H,17,18). The zero-order chi connectivity index (χ0) is 13.0. The maximum Gasteiger partial charge on any atom is 0.144 e. The lowest BCUT2D eigenvalue weighted by atomic mass is 9.81. The Bertz CT molecular complexity index is 381. The minimum Gasteiger partial charge on any atom is -0.369 e. The van der Waals surface area contributed by atoms with Gasteiger partial charge in [0.05, 0.1) is 17.6 Å². The molecule has 1 aliphatic carbocycles. The van der Waals surface area contributed by atoms with Gasteiger partial charge in [-0.3, -0.25) is 4.98 Å². The number of aryl methyl sites for hydroxylation is 2. The molecule has 0 spiro atoms. The quantitative estimate of drug-likeness (QED) is 0.881. The summed E-state index contributed by atoms with van der Waals surface area (Å²) in [6.07, 6.45) is 8.74.